The number of ether oxygens (including phenoxy) is 4. The van der Waals surface area contributed by atoms with Crippen molar-refractivity contribution in [3.05, 3.63) is 35.9 Å². The van der Waals surface area contributed by atoms with E-state index in [-0.39, 0.29) is 12.8 Å². The van der Waals surface area contributed by atoms with Crippen LogP contribution >= 0.6 is 7.37 Å². The normalized spacial score (nSPS) is 33.5. The maximum atomic E-state index is 12.6. The first-order valence-electron chi connectivity index (χ1n) is 9.71. The van der Waals surface area contributed by atoms with E-state index in [4.69, 9.17) is 23.5 Å². The van der Waals surface area contributed by atoms with Crippen molar-refractivity contribution in [2.24, 2.45) is 0 Å². The van der Waals surface area contributed by atoms with E-state index in [9.17, 15) is 9.67 Å². The molecule has 1 aromatic carbocycles. The Kier molecular flexibility index (Phi) is 6.67. The lowest BCUT2D eigenvalue weighted by Gasteiger charge is -2.36. The summed E-state index contributed by atoms with van der Waals surface area (Å²) in [5.41, 5.74) is -0.0601. The van der Waals surface area contributed by atoms with E-state index < -0.39 is 37.3 Å². The van der Waals surface area contributed by atoms with Crippen LogP contribution in [0.15, 0.2) is 30.3 Å². The zero-order valence-corrected chi connectivity index (χ0v) is 17.9. The molecular formula is C20H31O7P. The van der Waals surface area contributed by atoms with Gasteiger partial charge in [0.15, 0.2) is 19.4 Å². The molecule has 0 aromatic heterocycles. The van der Waals surface area contributed by atoms with Gasteiger partial charge in [-0.2, -0.15) is 0 Å². The predicted octanol–water partition coefficient (Wildman–Crippen LogP) is 3.15. The Bertz CT molecular complexity index is 695. The van der Waals surface area contributed by atoms with Crippen molar-refractivity contribution in [3.8, 4) is 0 Å². The molecule has 0 aliphatic carbocycles. The molecule has 0 radical (unpaired) electrons. The number of fused-ring (bicyclic) bond motifs is 1. The summed E-state index contributed by atoms with van der Waals surface area (Å²) < 4.78 is 42.2. The Balaban J connectivity index is 1.79. The van der Waals surface area contributed by atoms with Crippen LogP contribution in [-0.2, 0) is 34.6 Å². The van der Waals surface area contributed by atoms with Crippen molar-refractivity contribution in [3.63, 3.8) is 0 Å². The van der Waals surface area contributed by atoms with Crippen LogP contribution in [-0.4, -0.2) is 61.0 Å². The molecule has 28 heavy (non-hydrogen) atoms. The van der Waals surface area contributed by atoms with E-state index in [2.05, 4.69) is 0 Å². The van der Waals surface area contributed by atoms with E-state index in [1.165, 1.54) is 0 Å². The molecule has 0 bridgehead atoms. The Morgan fingerprint density at radius 1 is 1.18 bits per heavy atom. The Morgan fingerprint density at radius 3 is 2.54 bits per heavy atom. The minimum Gasteiger partial charge on any atom is -0.393 e. The summed E-state index contributed by atoms with van der Waals surface area (Å²) >= 11 is 0. The molecule has 158 valence electrons. The van der Waals surface area contributed by atoms with Gasteiger partial charge in [0.25, 0.3) is 0 Å². The van der Waals surface area contributed by atoms with Crippen molar-refractivity contribution in [2.45, 2.75) is 63.7 Å². The molecule has 2 aliphatic rings. The second-order valence-electron chi connectivity index (χ2n) is 7.93. The molecule has 8 heteroatoms. The van der Waals surface area contributed by atoms with Gasteiger partial charge in [-0.25, -0.2) is 0 Å². The molecule has 2 saturated heterocycles. The van der Waals surface area contributed by atoms with E-state index >= 15 is 0 Å². The van der Waals surface area contributed by atoms with Crippen molar-refractivity contribution in [1.29, 1.82) is 0 Å². The Labute approximate surface area is 166 Å². The molecule has 0 saturated carbocycles. The highest BCUT2D eigenvalue weighted by atomic mass is 31.2. The van der Waals surface area contributed by atoms with Gasteiger partial charge in [-0.1, -0.05) is 30.3 Å². The van der Waals surface area contributed by atoms with Crippen molar-refractivity contribution in [1.82, 2.24) is 0 Å². The molecule has 5 atom stereocenters. The van der Waals surface area contributed by atoms with Gasteiger partial charge in [0, 0.05) is 12.8 Å². The molecule has 0 spiro atoms. The lowest BCUT2D eigenvalue weighted by molar-refractivity contribution is -0.252. The summed E-state index contributed by atoms with van der Waals surface area (Å²) in [6.07, 6.45) is -1.10. The van der Waals surface area contributed by atoms with Crippen LogP contribution in [0, 0.1) is 0 Å². The molecular weight excluding hydrogens is 383 g/mol. The first-order valence-corrected chi connectivity index (χ1v) is 12.0. The lowest BCUT2D eigenvalue weighted by atomic mass is 9.93. The molecule has 2 aliphatic heterocycles. The van der Waals surface area contributed by atoms with Crippen molar-refractivity contribution >= 4 is 7.37 Å². The highest BCUT2D eigenvalue weighted by Crippen LogP contribution is 2.49. The monoisotopic (exact) mass is 414 g/mol. The average molecular weight is 414 g/mol. The fourth-order valence-corrected chi connectivity index (χ4v) is 5.26. The van der Waals surface area contributed by atoms with Crippen LogP contribution < -0.4 is 0 Å². The van der Waals surface area contributed by atoms with Gasteiger partial charge < -0.3 is 28.6 Å². The molecule has 1 N–H and O–H groups in total. The number of rotatable bonds is 9. The third-order valence-corrected chi connectivity index (χ3v) is 6.98. The predicted molar refractivity (Wildman–Crippen MR) is 104 cm³/mol. The van der Waals surface area contributed by atoms with Gasteiger partial charge in [0.1, 0.15) is 17.8 Å². The molecule has 2 unspecified atom stereocenters. The maximum Gasteiger partial charge on any atom is 0.200 e. The second-order valence-corrected chi connectivity index (χ2v) is 10.7. The highest BCUT2D eigenvalue weighted by Gasteiger charge is 2.62. The minimum atomic E-state index is -2.79. The third kappa shape index (κ3) is 4.85. The van der Waals surface area contributed by atoms with Crippen LogP contribution in [0.3, 0.4) is 0 Å². The number of aliphatic hydroxyl groups is 1. The van der Waals surface area contributed by atoms with Gasteiger partial charge in [-0.05, 0) is 32.8 Å². The summed E-state index contributed by atoms with van der Waals surface area (Å²) in [5, 5.41) is 10.2. The first-order chi connectivity index (χ1) is 13.2. The summed E-state index contributed by atoms with van der Waals surface area (Å²) in [7, 11) is -2.79. The van der Waals surface area contributed by atoms with Crippen LogP contribution in [0.1, 0.15) is 32.8 Å². The lowest BCUT2D eigenvalue weighted by Crippen LogP contribution is -2.50. The van der Waals surface area contributed by atoms with Crippen LogP contribution in [0.5, 0.6) is 0 Å². The van der Waals surface area contributed by atoms with Gasteiger partial charge in [-0.15, -0.1) is 0 Å². The van der Waals surface area contributed by atoms with Crippen molar-refractivity contribution < 1.29 is 33.1 Å². The largest absolute Gasteiger partial charge is 0.393 e. The Hall–Kier alpha value is -0.790. The van der Waals surface area contributed by atoms with Gasteiger partial charge in [0.2, 0.25) is 0 Å². The Morgan fingerprint density at radius 2 is 1.89 bits per heavy atom. The van der Waals surface area contributed by atoms with E-state index in [0.29, 0.717) is 19.6 Å². The van der Waals surface area contributed by atoms with E-state index in [1.54, 1.807) is 6.66 Å². The zero-order valence-electron chi connectivity index (χ0n) is 17.0. The second kappa shape index (κ2) is 8.52. The maximum absolute atomic E-state index is 12.6. The summed E-state index contributed by atoms with van der Waals surface area (Å²) in [6.45, 7) is 7.48. The molecule has 0 amide bonds. The van der Waals surface area contributed by atoms with E-state index in [1.807, 2.05) is 51.1 Å². The molecule has 2 fully saturated rings. The van der Waals surface area contributed by atoms with Crippen LogP contribution in [0.25, 0.3) is 0 Å². The van der Waals surface area contributed by atoms with Crippen LogP contribution in [0.4, 0.5) is 0 Å². The quantitative estimate of drug-likeness (QED) is 0.622. The fourth-order valence-electron chi connectivity index (χ4n) is 3.80. The molecule has 3 rings (SSSR count). The van der Waals surface area contributed by atoms with Crippen LogP contribution in [0.2, 0.25) is 0 Å². The minimum absolute atomic E-state index is 0.273. The number of hydrogen-bond acceptors (Lipinski definition) is 7. The summed E-state index contributed by atoms with van der Waals surface area (Å²) in [4.78, 5) is 0. The molecule has 1 aromatic rings. The smallest absolute Gasteiger partial charge is 0.200 e. The topological polar surface area (TPSA) is 83.5 Å². The van der Waals surface area contributed by atoms with Gasteiger partial charge >= 0.3 is 0 Å². The number of benzene rings is 1. The summed E-state index contributed by atoms with van der Waals surface area (Å²) in [6, 6.07) is 9.77. The first kappa shape index (κ1) is 21.9. The van der Waals surface area contributed by atoms with Gasteiger partial charge in [-0.3, -0.25) is 4.57 Å². The van der Waals surface area contributed by atoms with E-state index in [0.717, 1.165) is 5.56 Å². The summed E-state index contributed by atoms with van der Waals surface area (Å²) in [5.74, 6) is -0.795. The third-order valence-electron chi connectivity index (χ3n) is 5.14. The number of hydrogen-bond donors (Lipinski definition) is 1. The fraction of sp³-hybridized carbons (Fsp3) is 0.700. The highest BCUT2D eigenvalue weighted by molar-refractivity contribution is 7.58. The zero-order chi connectivity index (χ0) is 20.4. The average Bonchev–Trinajstić information content (AvgIpc) is 3.08. The van der Waals surface area contributed by atoms with Gasteiger partial charge in [0.05, 0.1) is 19.8 Å². The van der Waals surface area contributed by atoms with Crippen molar-refractivity contribution in [2.75, 3.05) is 26.0 Å². The number of aliphatic hydroxyl groups excluding tert-OH is 1. The molecule has 2 heterocycles. The molecule has 7 nitrogen and oxygen atoms in total. The standard InChI is InChI=1S/C20H31O7P/c1-5-24-28(4,22)12-11-20(14-21)17(23-13-15-9-7-6-8-10-15)16-18(27-20)26-19(2,3)25-16/h6-10,16-18,21H,5,11-14H2,1-4H3/t16-,17?,18-,20+,28?/m0/s1. The SMILES string of the molecule is CCOP(C)(=O)CC[C@]1(CO)O[C@@H]2OC(C)(C)O[C@H]2C1OCc1ccccc1.